The SMILES string of the molecule is CCc1cc(-c2ccccc2)on1.O=S(=O)(O)N1C=COC1. The van der Waals surface area contributed by atoms with E-state index in [0.717, 1.165) is 29.6 Å². The van der Waals surface area contributed by atoms with Gasteiger partial charge in [-0.2, -0.15) is 8.42 Å². The molecule has 0 unspecified atom stereocenters. The van der Waals surface area contributed by atoms with Crippen LogP contribution >= 0.6 is 0 Å². The minimum Gasteiger partial charge on any atom is -0.478 e. The maximum atomic E-state index is 10.2. The molecule has 0 fully saturated rings. The van der Waals surface area contributed by atoms with Crippen LogP contribution in [0.4, 0.5) is 0 Å². The van der Waals surface area contributed by atoms with Crippen LogP contribution in [0.15, 0.2) is 53.4 Å². The van der Waals surface area contributed by atoms with Crippen molar-refractivity contribution in [1.82, 2.24) is 9.46 Å². The predicted molar refractivity (Wildman–Crippen MR) is 79.8 cm³/mol. The van der Waals surface area contributed by atoms with Gasteiger partial charge in [0.1, 0.15) is 6.26 Å². The zero-order chi connectivity index (χ0) is 16.0. The van der Waals surface area contributed by atoms with E-state index in [1.54, 1.807) is 0 Å². The molecule has 8 heteroatoms. The van der Waals surface area contributed by atoms with Gasteiger partial charge in [-0.05, 0) is 6.42 Å². The van der Waals surface area contributed by atoms with Crippen LogP contribution in [0, 0.1) is 0 Å². The van der Waals surface area contributed by atoms with Gasteiger partial charge in [0, 0.05) is 11.6 Å². The van der Waals surface area contributed by atoms with E-state index in [1.807, 2.05) is 36.4 Å². The lowest BCUT2D eigenvalue weighted by Gasteiger charge is -2.06. The van der Waals surface area contributed by atoms with Crippen molar-refractivity contribution in [3.63, 3.8) is 0 Å². The average Bonchev–Trinajstić information content (AvgIpc) is 3.20. The van der Waals surface area contributed by atoms with Crippen molar-refractivity contribution < 1.29 is 22.2 Å². The van der Waals surface area contributed by atoms with Gasteiger partial charge in [-0.1, -0.05) is 42.4 Å². The Morgan fingerprint density at radius 2 is 2.05 bits per heavy atom. The highest BCUT2D eigenvalue weighted by molar-refractivity contribution is 7.83. The monoisotopic (exact) mass is 324 g/mol. The summed E-state index contributed by atoms with van der Waals surface area (Å²) in [5.74, 6) is 0.845. The zero-order valence-electron chi connectivity index (χ0n) is 11.9. The molecule has 3 rings (SSSR count). The second-order valence-electron chi connectivity index (χ2n) is 4.35. The summed E-state index contributed by atoms with van der Waals surface area (Å²) in [5, 5.41) is 3.94. The number of aryl methyl sites for hydroxylation is 1. The van der Waals surface area contributed by atoms with E-state index in [2.05, 4.69) is 16.8 Å². The number of benzene rings is 1. The van der Waals surface area contributed by atoms with Crippen molar-refractivity contribution in [2.75, 3.05) is 6.73 Å². The number of ether oxygens (including phenoxy) is 1. The Labute approximate surface area is 128 Å². The molecule has 0 radical (unpaired) electrons. The predicted octanol–water partition coefficient (Wildman–Crippen LogP) is 2.45. The molecule has 1 aliphatic heterocycles. The molecule has 0 atom stereocenters. The van der Waals surface area contributed by atoms with Gasteiger partial charge in [0.05, 0.1) is 11.9 Å². The Balaban J connectivity index is 0.000000172. The number of rotatable bonds is 3. The Morgan fingerprint density at radius 1 is 1.32 bits per heavy atom. The van der Waals surface area contributed by atoms with Gasteiger partial charge in [0.25, 0.3) is 0 Å². The average molecular weight is 324 g/mol. The van der Waals surface area contributed by atoms with E-state index in [0.29, 0.717) is 4.31 Å². The quantitative estimate of drug-likeness (QED) is 0.872. The lowest BCUT2D eigenvalue weighted by Crippen LogP contribution is -2.23. The van der Waals surface area contributed by atoms with Crippen molar-refractivity contribution in [3.05, 3.63) is 54.6 Å². The summed E-state index contributed by atoms with van der Waals surface area (Å²) in [5.41, 5.74) is 2.08. The second-order valence-corrected chi connectivity index (χ2v) is 5.71. The van der Waals surface area contributed by atoms with Crippen molar-refractivity contribution in [3.8, 4) is 11.3 Å². The minimum absolute atomic E-state index is 0.140. The third-order valence-corrected chi connectivity index (χ3v) is 3.62. The van der Waals surface area contributed by atoms with Gasteiger partial charge in [-0.3, -0.25) is 4.55 Å². The Morgan fingerprint density at radius 3 is 2.50 bits per heavy atom. The summed E-state index contributed by atoms with van der Waals surface area (Å²) >= 11 is 0. The largest absolute Gasteiger partial charge is 0.478 e. The molecule has 1 aliphatic rings. The Bertz CT molecular complexity index is 725. The van der Waals surface area contributed by atoms with E-state index < -0.39 is 10.3 Å². The first-order valence-corrected chi connectivity index (χ1v) is 7.94. The topological polar surface area (TPSA) is 92.9 Å². The Hall–Kier alpha value is -2.32. The van der Waals surface area contributed by atoms with Crippen LogP contribution in [-0.2, 0) is 21.5 Å². The molecule has 7 nitrogen and oxygen atoms in total. The van der Waals surface area contributed by atoms with Crippen LogP contribution < -0.4 is 0 Å². The molecule has 0 amide bonds. The number of hydrogen-bond acceptors (Lipinski definition) is 5. The normalized spacial score (nSPS) is 13.5. The first-order valence-electron chi connectivity index (χ1n) is 6.54. The zero-order valence-corrected chi connectivity index (χ0v) is 12.7. The van der Waals surface area contributed by atoms with Crippen LogP contribution in [0.25, 0.3) is 11.3 Å². The molecule has 2 aromatic rings. The maximum Gasteiger partial charge on any atom is 0.362 e. The number of nitrogens with zero attached hydrogens (tertiary/aromatic N) is 2. The summed E-state index contributed by atoms with van der Waals surface area (Å²) in [6, 6.07) is 12.0. The summed E-state index contributed by atoms with van der Waals surface area (Å²) in [7, 11) is -4.08. The van der Waals surface area contributed by atoms with Gasteiger partial charge in [0.15, 0.2) is 12.5 Å². The fourth-order valence-electron chi connectivity index (χ4n) is 1.63. The van der Waals surface area contributed by atoms with E-state index >= 15 is 0 Å². The van der Waals surface area contributed by atoms with E-state index in [-0.39, 0.29) is 6.73 Å². The standard InChI is InChI=1S/C11H11NO.C3H5NO4S/c1-2-10-8-11(13-12-10)9-6-4-3-5-7-9;5-9(6,7)4-1-2-8-3-4/h3-8H,2H2,1H3;1-2H,3H2,(H,5,6,7). The van der Waals surface area contributed by atoms with Crippen molar-refractivity contribution in [1.29, 1.82) is 0 Å². The number of aromatic nitrogens is 1. The van der Waals surface area contributed by atoms with Crippen molar-refractivity contribution >= 4 is 10.3 Å². The lowest BCUT2D eigenvalue weighted by molar-refractivity contribution is 0.212. The molecule has 1 aromatic carbocycles. The molecular formula is C14H16N2O5S. The first-order chi connectivity index (χ1) is 10.5. The van der Waals surface area contributed by atoms with Gasteiger partial charge >= 0.3 is 10.3 Å². The lowest BCUT2D eigenvalue weighted by atomic mass is 10.1. The molecule has 0 spiro atoms. The van der Waals surface area contributed by atoms with Crippen LogP contribution in [0.2, 0.25) is 0 Å². The molecule has 1 aromatic heterocycles. The van der Waals surface area contributed by atoms with Crippen LogP contribution in [0.1, 0.15) is 12.6 Å². The molecule has 2 heterocycles. The fraction of sp³-hybridized carbons (Fsp3) is 0.214. The maximum absolute atomic E-state index is 10.2. The van der Waals surface area contributed by atoms with Gasteiger partial charge in [-0.15, -0.1) is 0 Å². The van der Waals surface area contributed by atoms with Crippen molar-refractivity contribution in [2.45, 2.75) is 13.3 Å². The molecule has 0 saturated carbocycles. The molecule has 1 N–H and O–H groups in total. The minimum atomic E-state index is -4.08. The third kappa shape index (κ3) is 4.34. The van der Waals surface area contributed by atoms with Gasteiger partial charge < -0.3 is 9.26 Å². The van der Waals surface area contributed by atoms with Gasteiger partial charge in [-0.25, -0.2) is 4.31 Å². The smallest absolute Gasteiger partial charge is 0.362 e. The van der Waals surface area contributed by atoms with Gasteiger partial charge in [0.2, 0.25) is 0 Å². The van der Waals surface area contributed by atoms with E-state index in [4.69, 9.17) is 9.08 Å². The van der Waals surface area contributed by atoms with Crippen LogP contribution in [0.5, 0.6) is 0 Å². The molecule has 0 bridgehead atoms. The Kier molecular flexibility index (Phi) is 5.18. The number of hydrogen-bond donors (Lipinski definition) is 1. The molecule has 0 aliphatic carbocycles. The highest BCUT2D eigenvalue weighted by Crippen LogP contribution is 2.19. The van der Waals surface area contributed by atoms with Crippen LogP contribution in [0.3, 0.4) is 0 Å². The highest BCUT2D eigenvalue weighted by Gasteiger charge is 2.17. The summed E-state index contributed by atoms with van der Waals surface area (Å²) < 4.78 is 39.0. The molecule has 0 saturated heterocycles. The summed E-state index contributed by atoms with van der Waals surface area (Å²) in [6.45, 7) is 1.92. The highest BCUT2D eigenvalue weighted by atomic mass is 32.2. The molecule has 22 heavy (non-hydrogen) atoms. The van der Waals surface area contributed by atoms with E-state index in [9.17, 15) is 8.42 Å². The summed E-state index contributed by atoms with van der Waals surface area (Å²) in [6.07, 6.45) is 3.24. The summed E-state index contributed by atoms with van der Waals surface area (Å²) in [4.78, 5) is 0. The van der Waals surface area contributed by atoms with Crippen LogP contribution in [-0.4, -0.2) is 29.2 Å². The fourth-order valence-corrected chi connectivity index (χ4v) is 2.03. The molecule has 118 valence electrons. The second kappa shape index (κ2) is 7.10. The van der Waals surface area contributed by atoms with Crippen molar-refractivity contribution in [2.24, 2.45) is 0 Å². The van der Waals surface area contributed by atoms with E-state index in [1.165, 1.54) is 6.26 Å². The first kappa shape index (κ1) is 16.1. The molecular weight excluding hydrogens is 308 g/mol. The third-order valence-electron chi connectivity index (χ3n) is 2.80.